The van der Waals surface area contributed by atoms with Crippen molar-refractivity contribution in [3.8, 4) is 11.8 Å². The van der Waals surface area contributed by atoms with E-state index in [1.54, 1.807) is 19.1 Å². The van der Waals surface area contributed by atoms with Gasteiger partial charge >= 0.3 is 5.97 Å². The highest BCUT2D eigenvalue weighted by Gasteiger charge is 2.39. The van der Waals surface area contributed by atoms with Gasteiger partial charge in [0.2, 0.25) is 0 Å². The highest BCUT2D eigenvalue weighted by molar-refractivity contribution is 8.04. The molecule has 2 aliphatic heterocycles. The number of ether oxygens (including phenoxy) is 1. The zero-order valence-corrected chi connectivity index (χ0v) is 20.7. The molecule has 2 nitrogen and oxygen atoms in total. The molecule has 0 spiro atoms. The van der Waals surface area contributed by atoms with Gasteiger partial charge in [0.15, 0.2) is 0 Å². The number of allylic oxidation sites excluding steroid dienone is 1. The van der Waals surface area contributed by atoms with Crippen molar-refractivity contribution in [3.05, 3.63) is 82.3 Å². The maximum Gasteiger partial charge on any atom is 0.338 e. The second kappa shape index (κ2) is 9.25. The summed E-state index contributed by atoms with van der Waals surface area (Å²) in [5.74, 6) is 6.27. The van der Waals surface area contributed by atoms with Crippen LogP contribution < -0.4 is 0 Å². The summed E-state index contributed by atoms with van der Waals surface area (Å²) in [6.07, 6.45) is 6.93. The number of benzene rings is 2. The van der Waals surface area contributed by atoms with E-state index < -0.39 is 0 Å². The van der Waals surface area contributed by atoms with Crippen molar-refractivity contribution in [2.45, 2.75) is 54.9 Å². The van der Waals surface area contributed by atoms with Crippen molar-refractivity contribution >= 4 is 35.1 Å². The van der Waals surface area contributed by atoms with Gasteiger partial charge in [0.05, 0.1) is 12.2 Å². The molecule has 0 fully saturated rings. The Bertz CT molecular complexity index is 1140. The zero-order chi connectivity index (χ0) is 22.8. The van der Waals surface area contributed by atoms with Gasteiger partial charge in [-0.25, -0.2) is 4.79 Å². The summed E-state index contributed by atoms with van der Waals surface area (Å²) in [7, 11) is 0. The molecule has 2 aromatic rings. The number of fused-ring (bicyclic) bond motifs is 1. The molecular weight excluding hydrogens is 432 g/mol. The van der Waals surface area contributed by atoms with Gasteiger partial charge in [-0.1, -0.05) is 30.9 Å². The average Bonchev–Trinajstić information content (AvgIpc) is 3.27. The monoisotopic (exact) mass is 460 g/mol. The number of hydrogen-bond donors (Lipinski definition) is 0. The molecule has 2 heterocycles. The Balaban J connectivity index is 1.65. The topological polar surface area (TPSA) is 26.3 Å². The van der Waals surface area contributed by atoms with Crippen molar-refractivity contribution in [1.82, 2.24) is 0 Å². The number of hydrogen-bond acceptors (Lipinski definition) is 4. The smallest absolute Gasteiger partial charge is 0.338 e. The van der Waals surface area contributed by atoms with Crippen LogP contribution in [0.4, 0.5) is 0 Å². The van der Waals surface area contributed by atoms with Gasteiger partial charge in [0.25, 0.3) is 0 Å². The summed E-state index contributed by atoms with van der Waals surface area (Å²) < 4.78 is 5.23. The number of rotatable bonds is 4. The first-order chi connectivity index (χ1) is 15.4. The van der Waals surface area contributed by atoms with Crippen molar-refractivity contribution in [2.24, 2.45) is 0 Å². The van der Waals surface area contributed by atoms with Gasteiger partial charge in [-0.2, -0.15) is 0 Å². The molecule has 2 aromatic carbocycles. The van der Waals surface area contributed by atoms with E-state index in [4.69, 9.17) is 4.74 Å². The van der Waals surface area contributed by atoms with E-state index in [9.17, 15) is 4.79 Å². The summed E-state index contributed by atoms with van der Waals surface area (Å²) in [5.41, 5.74) is 5.19. The predicted octanol–water partition coefficient (Wildman–Crippen LogP) is 7.33. The minimum Gasteiger partial charge on any atom is -0.462 e. The molecule has 1 unspecified atom stereocenters. The molecule has 0 N–H and O–H groups in total. The molecule has 0 saturated heterocycles. The van der Waals surface area contributed by atoms with E-state index in [0.29, 0.717) is 12.2 Å². The fraction of sp³-hybridized carbons (Fsp3) is 0.321. The van der Waals surface area contributed by atoms with Crippen LogP contribution in [-0.4, -0.2) is 22.1 Å². The molecule has 0 radical (unpaired) electrons. The second-order valence-corrected chi connectivity index (χ2v) is 11.5. The van der Waals surface area contributed by atoms with Crippen molar-refractivity contribution in [2.75, 3.05) is 6.61 Å². The van der Waals surface area contributed by atoms with Gasteiger partial charge in [-0.3, -0.25) is 0 Å². The Morgan fingerprint density at radius 1 is 1.06 bits per heavy atom. The Morgan fingerprint density at radius 3 is 2.44 bits per heavy atom. The van der Waals surface area contributed by atoms with Crippen LogP contribution in [0.3, 0.4) is 0 Å². The highest BCUT2D eigenvalue weighted by atomic mass is 32.2. The number of carbonyl (C=O) groups is 1. The maximum absolute atomic E-state index is 11.8. The summed E-state index contributed by atoms with van der Waals surface area (Å²) in [5, 5.41) is 2.25. The van der Waals surface area contributed by atoms with Gasteiger partial charge in [0, 0.05) is 25.5 Å². The lowest BCUT2D eigenvalue weighted by Gasteiger charge is -2.38. The molecule has 164 valence electrons. The first-order valence-electron chi connectivity index (χ1n) is 11.0. The third-order valence-corrected chi connectivity index (χ3v) is 8.46. The first kappa shape index (κ1) is 22.8. The molecule has 0 saturated carbocycles. The summed E-state index contributed by atoms with van der Waals surface area (Å²) >= 11 is 3.87. The SMILES string of the molecule is CCOC(=O)c1ccc(C#Cc2ccc3c(c2)C(C2(CC)CC=CS2)=CC(C)(C)S3)cc1. The zero-order valence-electron chi connectivity index (χ0n) is 19.0. The molecule has 0 aliphatic carbocycles. The largest absolute Gasteiger partial charge is 0.462 e. The summed E-state index contributed by atoms with van der Waals surface area (Å²) in [6, 6.07) is 13.9. The quantitative estimate of drug-likeness (QED) is 0.352. The molecule has 32 heavy (non-hydrogen) atoms. The molecule has 1 atom stereocenters. The Labute approximate surface area is 199 Å². The van der Waals surface area contributed by atoms with Crippen LogP contribution in [0.5, 0.6) is 0 Å². The Morgan fingerprint density at radius 2 is 1.78 bits per heavy atom. The molecule has 0 aromatic heterocycles. The van der Waals surface area contributed by atoms with Crippen molar-refractivity contribution in [3.63, 3.8) is 0 Å². The predicted molar refractivity (Wildman–Crippen MR) is 137 cm³/mol. The molecule has 4 heteroatoms. The minimum atomic E-state index is -0.300. The van der Waals surface area contributed by atoms with Gasteiger partial charge in [0.1, 0.15) is 0 Å². The van der Waals surface area contributed by atoms with E-state index in [-0.39, 0.29) is 15.5 Å². The minimum absolute atomic E-state index is 0.0710. The molecule has 0 amide bonds. The second-order valence-electron chi connectivity index (χ2n) is 8.56. The van der Waals surface area contributed by atoms with Crippen LogP contribution >= 0.6 is 23.5 Å². The highest BCUT2D eigenvalue weighted by Crippen LogP contribution is 2.55. The number of esters is 1. The van der Waals surface area contributed by atoms with E-state index in [0.717, 1.165) is 24.0 Å². The van der Waals surface area contributed by atoms with Crippen LogP contribution in [0.2, 0.25) is 0 Å². The van der Waals surface area contributed by atoms with Gasteiger partial charge < -0.3 is 4.74 Å². The first-order valence-corrected chi connectivity index (χ1v) is 12.7. The average molecular weight is 461 g/mol. The molecule has 4 rings (SSSR count). The normalized spacial score (nSPS) is 20.7. The van der Waals surface area contributed by atoms with E-state index in [1.807, 2.05) is 35.7 Å². The Hall–Kier alpha value is -2.35. The Kier molecular flexibility index (Phi) is 6.60. The van der Waals surface area contributed by atoms with E-state index >= 15 is 0 Å². The number of thioether (sulfide) groups is 2. The lowest BCUT2D eigenvalue weighted by Crippen LogP contribution is -2.28. The lowest BCUT2D eigenvalue weighted by atomic mass is 9.84. The van der Waals surface area contributed by atoms with Crippen molar-refractivity contribution < 1.29 is 9.53 Å². The third kappa shape index (κ3) is 4.70. The van der Waals surface area contributed by atoms with Crippen LogP contribution in [0, 0.1) is 11.8 Å². The van der Waals surface area contributed by atoms with Crippen LogP contribution in [0.25, 0.3) is 5.57 Å². The van der Waals surface area contributed by atoms with Crippen molar-refractivity contribution in [1.29, 1.82) is 0 Å². The fourth-order valence-electron chi connectivity index (χ4n) is 4.13. The van der Waals surface area contributed by atoms with E-state index in [2.05, 4.69) is 68.4 Å². The molecule has 0 bridgehead atoms. The summed E-state index contributed by atoms with van der Waals surface area (Å²) in [6.45, 7) is 9.06. The van der Waals surface area contributed by atoms with Gasteiger partial charge in [-0.05, 0) is 92.6 Å². The van der Waals surface area contributed by atoms with Crippen LogP contribution in [-0.2, 0) is 4.74 Å². The fourth-order valence-corrected chi connectivity index (χ4v) is 6.39. The third-order valence-electron chi connectivity index (χ3n) is 5.78. The van der Waals surface area contributed by atoms with Crippen LogP contribution in [0.1, 0.15) is 67.6 Å². The molecule has 2 aliphatic rings. The molecular formula is C28H28O2S2. The lowest BCUT2D eigenvalue weighted by molar-refractivity contribution is 0.0526. The van der Waals surface area contributed by atoms with Crippen LogP contribution in [0.15, 0.2) is 64.9 Å². The standard InChI is InChI=1S/C28H28O2S2/c1-5-28(16-7-17-31-28)24-19-27(3,4)32-25-15-12-21(18-23(24)25)9-8-20-10-13-22(14-11-20)26(29)30-6-2/h7,10-15,17-19H,5-6,16H2,1-4H3. The van der Waals surface area contributed by atoms with Gasteiger partial charge in [-0.15, -0.1) is 23.5 Å². The summed E-state index contributed by atoms with van der Waals surface area (Å²) in [4.78, 5) is 13.2. The number of carbonyl (C=O) groups excluding carboxylic acids is 1. The maximum atomic E-state index is 11.8. The van der Waals surface area contributed by atoms with E-state index in [1.165, 1.54) is 16.0 Å².